The molecule has 0 unspecified atom stereocenters. The number of fused-ring (bicyclic) bond motifs is 16. The molecule has 1 aromatic heterocycles. The number of halogens is 1. The van der Waals surface area contributed by atoms with Crippen LogP contribution in [0.4, 0.5) is 4.39 Å². The number of aromatic nitrogens is 2. The second-order valence-corrected chi connectivity index (χ2v) is 11.0. The SMILES string of the molecule is CC[C@@H]1NC(=O)CCCN(C(=O)CCc2ccc(=O)[nH]n2)CCCNC(=O)c2ccc(OC)c(c2)Oc2ccc(cc2F)CNC1=O. The van der Waals surface area contributed by atoms with Gasteiger partial charge in [0.1, 0.15) is 6.04 Å². The quantitative estimate of drug-likeness (QED) is 0.326. The molecule has 0 saturated carbocycles. The monoisotopic (exact) mass is 650 g/mol. The van der Waals surface area contributed by atoms with E-state index in [-0.39, 0.29) is 66.9 Å². The number of aryl methyl sites for hydroxylation is 1. The van der Waals surface area contributed by atoms with E-state index in [2.05, 4.69) is 26.1 Å². The molecule has 4 N–H and O–H groups in total. The van der Waals surface area contributed by atoms with Crippen LogP contribution in [0.3, 0.4) is 0 Å². The van der Waals surface area contributed by atoms with E-state index in [9.17, 15) is 24.0 Å². The van der Waals surface area contributed by atoms with Crippen LogP contribution < -0.4 is 31.0 Å². The molecule has 250 valence electrons. The number of rotatable bonds is 5. The van der Waals surface area contributed by atoms with Gasteiger partial charge in [-0.25, -0.2) is 9.49 Å². The van der Waals surface area contributed by atoms with Crippen LogP contribution in [-0.4, -0.2) is 71.5 Å². The van der Waals surface area contributed by atoms with Gasteiger partial charge in [-0.05, 0) is 61.2 Å². The molecule has 14 heteroatoms. The molecule has 2 aliphatic heterocycles. The summed E-state index contributed by atoms with van der Waals surface area (Å²) >= 11 is 0. The van der Waals surface area contributed by atoms with Crippen molar-refractivity contribution < 1.29 is 33.0 Å². The average Bonchev–Trinajstić information content (AvgIpc) is 3.07. The Hall–Kier alpha value is -5.27. The minimum Gasteiger partial charge on any atom is -0.493 e. The highest BCUT2D eigenvalue weighted by Gasteiger charge is 2.21. The molecule has 3 aromatic rings. The van der Waals surface area contributed by atoms with E-state index in [0.717, 1.165) is 0 Å². The Morgan fingerprint density at radius 1 is 1.02 bits per heavy atom. The van der Waals surface area contributed by atoms with E-state index >= 15 is 4.39 Å². The number of benzene rings is 2. The summed E-state index contributed by atoms with van der Waals surface area (Å²) in [6, 6.07) is 10.9. The second kappa shape index (κ2) is 16.9. The molecule has 1 atom stereocenters. The average molecular weight is 651 g/mol. The topological polar surface area (TPSA) is 172 Å². The first-order valence-electron chi connectivity index (χ1n) is 15.5. The van der Waals surface area contributed by atoms with Gasteiger partial charge in [-0.1, -0.05) is 13.0 Å². The zero-order chi connectivity index (χ0) is 33.8. The van der Waals surface area contributed by atoms with Crippen LogP contribution in [0, 0.1) is 5.82 Å². The van der Waals surface area contributed by atoms with Crippen molar-refractivity contribution in [3.63, 3.8) is 0 Å². The summed E-state index contributed by atoms with van der Waals surface area (Å²) in [7, 11) is 1.43. The largest absolute Gasteiger partial charge is 0.493 e. The number of hydrogen-bond acceptors (Lipinski definition) is 8. The van der Waals surface area contributed by atoms with Gasteiger partial charge in [0.25, 0.3) is 11.5 Å². The zero-order valence-electron chi connectivity index (χ0n) is 26.4. The molecular formula is C33H39FN6O7. The van der Waals surface area contributed by atoms with Crippen molar-refractivity contribution in [1.29, 1.82) is 0 Å². The lowest BCUT2D eigenvalue weighted by Crippen LogP contribution is -2.46. The number of ether oxygens (including phenoxy) is 2. The number of methoxy groups -OCH3 is 1. The van der Waals surface area contributed by atoms with Crippen LogP contribution in [0.25, 0.3) is 0 Å². The van der Waals surface area contributed by atoms with Gasteiger partial charge >= 0.3 is 0 Å². The van der Waals surface area contributed by atoms with Gasteiger partial charge in [-0.2, -0.15) is 5.10 Å². The van der Waals surface area contributed by atoms with E-state index in [1.165, 1.54) is 31.4 Å². The second-order valence-electron chi connectivity index (χ2n) is 11.0. The summed E-state index contributed by atoms with van der Waals surface area (Å²) in [6.45, 7) is 2.63. The van der Waals surface area contributed by atoms with Crippen molar-refractivity contribution >= 4 is 23.6 Å². The molecule has 47 heavy (non-hydrogen) atoms. The van der Waals surface area contributed by atoms with E-state index < -0.39 is 23.7 Å². The predicted octanol–water partition coefficient (Wildman–Crippen LogP) is 2.60. The van der Waals surface area contributed by atoms with Gasteiger partial charge in [0, 0.05) is 57.1 Å². The Bertz CT molecular complexity index is 1630. The minimum atomic E-state index is -0.789. The summed E-state index contributed by atoms with van der Waals surface area (Å²) in [6.07, 6.45) is 1.64. The standard InChI is InChI=1S/C33H39FN6O7/c1-3-25-33(45)36-20-21-7-11-26(24(34)18-21)47-28-19-22(8-12-27(28)46-2)32(44)35-15-5-17-40(16-4-6-29(41)37-25)31(43)14-10-23-9-13-30(42)39-38-23/h7-9,11-13,18-19,25H,3-6,10,14-17,20H2,1-2H3,(H,35,44)(H,36,45)(H,37,41)(H,39,42)/t25-/m0/s1. The van der Waals surface area contributed by atoms with Crippen LogP contribution in [-0.2, 0) is 27.3 Å². The first kappa shape index (κ1) is 34.6. The third kappa shape index (κ3) is 10.1. The van der Waals surface area contributed by atoms with Gasteiger partial charge in [0.2, 0.25) is 17.7 Å². The number of hydrogen-bond donors (Lipinski definition) is 4. The summed E-state index contributed by atoms with van der Waals surface area (Å²) < 4.78 is 26.2. The van der Waals surface area contributed by atoms with Crippen LogP contribution in [0.1, 0.15) is 60.6 Å². The lowest BCUT2D eigenvalue weighted by atomic mass is 10.1. The molecular weight excluding hydrogens is 611 g/mol. The zero-order valence-corrected chi connectivity index (χ0v) is 26.4. The Kier molecular flexibility index (Phi) is 12.4. The summed E-state index contributed by atoms with van der Waals surface area (Å²) in [5, 5.41) is 14.6. The van der Waals surface area contributed by atoms with Crippen LogP contribution in [0.15, 0.2) is 53.3 Å². The van der Waals surface area contributed by atoms with Gasteiger partial charge in [0.15, 0.2) is 23.1 Å². The normalized spacial score (nSPS) is 16.8. The summed E-state index contributed by atoms with van der Waals surface area (Å²) in [5.74, 6) is -1.67. The highest BCUT2D eigenvalue weighted by atomic mass is 19.1. The highest BCUT2D eigenvalue weighted by molar-refractivity contribution is 5.95. The number of nitrogens with one attached hydrogen (secondary N) is 4. The van der Waals surface area contributed by atoms with Crippen LogP contribution >= 0.6 is 0 Å². The number of H-pyrrole nitrogens is 1. The van der Waals surface area contributed by atoms with E-state index in [1.807, 2.05) is 0 Å². The molecule has 0 saturated heterocycles. The first-order valence-corrected chi connectivity index (χ1v) is 15.5. The Labute approximate surface area is 271 Å². The summed E-state index contributed by atoms with van der Waals surface area (Å²) in [4.78, 5) is 64.7. The number of carbonyl (C=O) groups excluding carboxylic acids is 4. The van der Waals surface area contributed by atoms with Gasteiger partial charge in [-0.3, -0.25) is 24.0 Å². The molecule has 0 fully saturated rings. The van der Waals surface area contributed by atoms with Crippen molar-refractivity contribution in [3.8, 4) is 17.2 Å². The first-order chi connectivity index (χ1) is 22.7. The molecule has 3 heterocycles. The van der Waals surface area contributed by atoms with E-state index in [4.69, 9.17) is 9.47 Å². The molecule has 4 amide bonds. The van der Waals surface area contributed by atoms with Crippen molar-refractivity contribution in [2.75, 3.05) is 26.7 Å². The molecule has 2 aliphatic rings. The van der Waals surface area contributed by atoms with E-state index in [0.29, 0.717) is 49.2 Å². The molecule has 0 radical (unpaired) electrons. The maximum absolute atomic E-state index is 15.0. The Balaban J connectivity index is 1.51. The molecule has 4 bridgehead atoms. The lowest BCUT2D eigenvalue weighted by molar-refractivity contribution is -0.132. The number of aromatic amines is 1. The smallest absolute Gasteiger partial charge is 0.264 e. The predicted molar refractivity (Wildman–Crippen MR) is 169 cm³/mol. The molecule has 2 aromatic carbocycles. The minimum absolute atomic E-state index is 0.0209. The van der Waals surface area contributed by atoms with Crippen molar-refractivity contribution in [2.24, 2.45) is 0 Å². The fourth-order valence-electron chi connectivity index (χ4n) is 4.96. The number of amides is 4. The maximum atomic E-state index is 15.0. The van der Waals surface area contributed by atoms with Gasteiger partial charge in [-0.15, -0.1) is 0 Å². The van der Waals surface area contributed by atoms with Crippen molar-refractivity contribution in [3.05, 3.63) is 81.5 Å². The van der Waals surface area contributed by atoms with Crippen LogP contribution in [0.5, 0.6) is 17.2 Å². The van der Waals surface area contributed by atoms with E-state index in [1.54, 1.807) is 36.1 Å². The molecule has 0 aliphatic carbocycles. The molecule has 0 spiro atoms. The lowest BCUT2D eigenvalue weighted by Gasteiger charge is -2.23. The van der Waals surface area contributed by atoms with Crippen molar-refractivity contribution in [2.45, 2.75) is 58.0 Å². The maximum Gasteiger partial charge on any atom is 0.264 e. The third-order valence-corrected chi connectivity index (χ3v) is 7.58. The van der Waals surface area contributed by atoms with Gasteiger partial charge in [0.05, 0.1) is 12.8 Å². The van der Waals surface area contributed by atoms with Crippen molar-refractivity contribution in [1.82, 2.24) is 31.0 Å². The summed E-state index contributed by atoms with van der Waals surface area (Å²) in [5.41, 5.74) is 0.959. The molecule has 13 nitrogen and oxygen atoms in total. The fraction of sp³-hybridized carbons (Fsp3) is 0.394. The van der Waals surface area contributed by atoms with Crippen LogP contribution in [0.2, 0.25) is 0 Å². The Morgan fingerprint density at radius 2 is 1.83 bits per heavy atom. The number of carbonyl (C=O) groups is 4. The van der Waals surface area contributed by atoms with Gasteiger partial charge < -0.3 is 30.3 Å². The number of nitrogens with zero attached hydrogens (tertiary/aromatic N) is 2. The fourth-order valence-corrected chi connectivity index (χ4v) is 4.96. The Morgan fingerprint density at radius 3 is 2.55 bits per heavy atom. The highest BCUT2D eigenvalue weighted by Crippen LogP contribution is 2.34. The molecule has 5 rings (SSSR count). The third-order valence-electron chi connectivity index (χ3n) is 7.58.